The summed E-state index contributed by atoms with van der Waals surface area (Å²) in [6.45, 7) is 5.15. The van der Waals surface area contributed by atoms with E-state index >= 15 is 0 Å². The zero-order valence-electron chi connectivity index (χ0n) is 19.1. The molecule has 182 valence electrons. The molecular weight excluding hydrogens is 479 g/mol. The fraction of sp³-hybridized carbons (Fsp3) is 0.200. The Bertz CT molecular complexity index is 1480. The maximum Gasteiger partial charge on any atom is 0.418 e. The van der Waals surface area contributed by atoms with Crippen molar-refractivity contribution in [2.75, 3.05) is 0 Å². The van der Waals surface area contributed by atoms with Crippen LogP contribution in [0.25, 0.3) is 11.8 Å². The molecule has 1 heterocycles. The van der Waals surface area contributed by atoms with E-state index in [1.807, 2.05) is 0 Å². The maximum absolute atomic E-state index is 13.7. The number of aromatic nitrogens is 1. The number of primary amides is 1. The lowest BCUT2D eigenvalue weighted by atomic mass is 10.1. The summed E-state index contributed by atoms with van der Waals surface area (Å²) in [7, 11) is -4.34. The van der Waals surface area contributed by atoms with Gasteiger partial charge < -0.3 is 10.3 Å². The topological polar surface area (TPSA) is 106 Å². The normalized spacial score (nSPS) is 12.6. The van der Waals surface area contributed by atoms with Gasteiger partial charge in [0, 0.05) is 17.0 Å². The minimum absolute atomic E-state index is 0.0449. The first-order valence-corrected chi connectivity index (χ1v) is 11.9. The molecule has 0 unspecified atom stereocenters. The first kappa shape index (κ1) is 25.8. The predicted octanol–water partition coefficient (Wildman–Crippen LogP) is 5.37. The van der Waals surface area contributed by atoms with Gasteiger partial charge in [-0.15, -0.1) is 0 Å². The quantitative estimate of drug-likeness (QED) is 0.459. The molecule has 3 aromatic rings. The van der Waals surface area contributed by atoms with Crippen molar-refractivity contribution in [2.45, 2.75) is 37.8 Å². The van der Waals surface area contributed by atoms with Crippen molar-refractivity contribution in [3.63, 3.8) is 0 Å². The van der Waals surface area contributed by atoms with E-state index in [0.717, 1.165) is 18.2 Å². The van der Waals surface area contributed by atoms with Crippen LogP contribution in [0.1, 0.15) is 52.6 Å². The number of benzene rings is 2. The van der Waals surface area contributed by atoms with Gasteiger partial charge in [0.2, 0.25) is 15.7 Å². The van der Waals surface area contributed by atoms with Gasteiger partial charge in [0.05, 0.1) is 16.1 Å². The van der Waals surface area contributed by atoms with Crippen LogP contribution in [0.4, 0.5) is 13.2 Å². The van der Waals surface area contributed by atoms with Gasteiger partial charge in [-0.2, -0.15) is 18.4 Å². The summed E-state index contributed by atoms with van der Waals surface area (Å²) < 4.78 is 68.9. The van der Waals surface area contributed by atoms with Gasteiger partial charge in [0.15, 0.2) is 0 Å². The van der Waals surface area contributed by atoms with E-state index in [2.05, 4.69) is 0 Å². The standard InChI is InChI=1S/C25H22F3N3O3S/c1-15(2)23-13-18(16(3)31(23)22-10-5-4-9-21(22)25(26,27)28)12-20(14-29)35(33,34)19-8-6-7-17(11-19)24(30)32/h4-13,15H,1-3H3,(H2,30,32)/b20-12+. The Kier molecular flexibility index (Phi) is 6.94. The highest BCUT2D eigenvalue weighted by molar-refractivity contribution is 7.95. The molecule has 0 fully saturated rings. The monoisotopic (exact) mass is 501 g/mol. The van der Waals surface area contributed by atoms with Gasteiger partial charge in [0.1, 0.15) is 11.0 Å². The molecular formula is C25H22F3N3O3S. The lowest BCUT2D eigenvalue weighted by Crippen LogP contribution is -2.13. The average molecular weight is 502 g/mol. The highest BCUT2D eigenvalue weighted by Crippen LogP contribution is 2.37. The smallest absolute Gasteiger partial charge is 0.366 e. The van der Waals surface area contributed by atoms with E-state index in [1.54, 1.807) is 32.9 Å². The molecule has 3 rings (SSSR count). The molecule has 6 nitrogen and oxygen atoms in total. The molecule has 0 radical (unpaired) electrons. The van der Waals surface area contributed by atoms with Crippen LogP contribution in [0.5, 0.6) is 0 Å². The largest absolute Gasteiger partial charge is 0.418 e. The molecule has 0 atom stereocenters. The second-order valence-electron chi connectivity index (χ2n) is 8.13. The van der Waals surface area contributed by atoms with E-state index in [1.165, 1.54) is 41.0 Å². The fourth-order valence-corrected chi connectivity index (χ4v) is 4.90. The summed E-state index contributed by atoms with van der Waals surface area (Å²) in [5.41, 5.74) is 5.36. The van der Waals surface area contributed by atoms with E-state index in [4.69, 9.17) is 5.73 Å². The molecule has 35 heavy (non-hydrogen) atoms. The number of carbonyl (C=O) groups is 1. The van der Waals surface area contributed by atoms with Crippen LogP contribution in [-0.4, -0.2) is 18.9 Å². The summed E-state index contributed by atoms with van der Waals surface area (Å²) in [5.74, 6) is -1.05. The average Bonchev–Trinajstić information content (AvgIpc) is 3.12. The van der Waals surface area contributed by atoms with Crippen molar-refractivity contribution in [1.82, 2.24) is 4.57 Å². The Balaban J connectivity index is 2.24. The molecule has 1 aromatic heterocycles. The number of nitrogens with two attached hydrogens (primary N) is 1. The minimum atomic E-state index is -4.61. The van der Waals surface area contributed by atoms with Crippen LogP contribution in [0, 0.1) is 18.3 Å². The number of halogens is 3. The van der Waals surface area contributed by atoms with Crippen LogP contribution >= 0.6 is 0 Å². The number of rotatable bonds is 6. The van der Waals surface area contributed by atoms with Crippen molar-refractivity contribution in [2.24, 2.45) is 5.73 Å². The molecule has 0 aliphatic rings. The lowest BCUT2D eigenvalue weighted by Gasteiger charge is -2.19. The summed E-state index contributed by atoms with van der Waals surface area (Å²) in [4.78, 5) is 10.5. The first-order valence-electron chi connectivity index (χ1n) is 10.4. The van der Waals surface area contributed by atoms with Gasteiger partial charge >= 0.3 is 6.18 Å². The SMILES string of the molecule is Cc1c(/C=C(\C#N)S(=O)(=O)c2cccc(C(N)=O)c2)cc(C(C)C)n1-c1ccccc1C(F)(F)F. The van der Waals surface area contributed by atoms with Gasteiger partial charge in [-0.05, 0) is 60.9 Å². The third kappa shape index (κ3) is 5.00. The molecule has 0 saturated heterocycles. The Morgan fingerprint density at radius 1 is 1.11 bits per heavy atom. The summed E-state index contributed by atoms with van der Waals surface area (Å²) >= 11 is 0. The Hall–Kier alpha value is -3.84. The number of carbonyl (C=O) groups excluding carboxylic acids is 1. The first-order chi connectivity index (χ1) is 16.3. The summed E-state index contributed by atoms with van der Waals surface area (Å²) in [5, 5.41) is 9.66. The molecule has 1 amide bonds. The van der Waals surface area contributed by atoms with Crippen molar-refractivity contribution >= 4 is 21.8 Å². The number of hydrogen-bond acceptors (Lipinski definition) is 4. The van der Waals surface area contributed by atoms with E-state index < -0.39 is 32.4 Å². The summed E-state index contributed by atoms with van der Waals surface area (Å²) in [6, 6.07) is 13.3. The molecule has 0 aliphatic heterocycles. The van der Waals surface area contributed by atoms with Crippen LogP contribution in [0.2, 0.25) is 0 Å². The Labute approximate surface area is 201 Å². The number of para-hydroxylation sites is 1. The van der Waals surface area contributed by atoms with Gasteiger partial charge in [-0.3, -0.25) is 4.79 Å². The third-order valence-electron chi connectivity index (χ3n) is 5.47. The van der Waals surface area contributed by atoms with Crippen molar-refractivity contribution in [3.05, 3.63) is 87.6 Å². The van der Waals surface area contributed by atoms with Crippen LogP contribution in [-0.2, 0) is 16.0 Å². The molecule has 0 aliphatic carbocycles. The van der Waals surface area contributed by atoms with E-state index in [9.17, 15) is 31.6 Å². The number of nitrogens with zero attached hydrogens (tertiary/aromatic N) is 2. The molecule has 2 aromatic carbocycles. The van der Waals surface area contributed by atoms with Crippen LogP contribution < -0.4 is 5.73 Å². The fourth-order valence-electron chi connectivity index (χ4n) is 3.70. The van der Waals surface area contributed by atoms with E-state index in [0.29, 0.717) is 11.4 Å². The number of allylic oxidation sites excluding steroid dienone is 1. The van der Waals surface area contributed by atoms with Crippen molar-refractivity contribution in [3.8, 4) is 11.8 Å². The van der Waals surface area contributed by atoms with Gasteiger partial charge in [0.25, 0.3) is 0 Å². The van der Waals surface area contributed by atoms with Crippen LogP contribution in [0.3, 0.4) is 0 Å². The zero-order valence-corrected chi connectivity index (χ0v) is 19.9. The number of sulfone groups is 1. The van der Waals surface area contributed by atoms with Crippen LogP contribution in [0.15, 0.2) is 64.4 Å². The lowest BCUT2D eigenvalue weighted by molar-refractivity contribution is -0.137. The molecule has 10 heteroatoms. The molecule has 0 bridgehead atoms. The van der Waals surface area contributed by atoms with Crippen molar-refractivity contribution < 1.29 is 26.4 Å². The third-order valence-corrected chi connectivity index (χ3v) is 7.13. The van der Waals surface area contributed by atoms with Gasteiger partial charge in [-0.1, -0.05) is 32.0 Å². The number of alkyl halides is 3. The second-order valence-corrected chi connectivity index (χ2v) is 10.0. The minimum Gasteiger partial charge on any atom is -0.366 e. The number of nitriles is 1. The Morgan fingerprint density at radius 3 is 2.34 bits per heavy atom. The van der Waals surface area contributed by atoms with Crippen molar-refractivity contribution in [1.29, 1.82) is 5.26 Å². The molecule has 2 N–H and O–H groups in total. The number of hydrogen-bond donors (Lipinski definition) is 1. The maximum atomic E-state index is 13.7. The zero-order chi connectivity index (χ0) is 26.1. The highest BCUT2D eigenvalue weighted by atomic mass is 32.2. The number of amides is 1. The summed E-state index contributed by atoms with van der Waals surface area (Å²) in [6.07, 6.45) is -3.48. The highest BCUT2D eigenvalue weighted by Gasteiger charge is 2.34. The second kappa shape index (κ2) is 9.43. The molecule has 0 spiro atoms. The molecule has 0 saturated carbocycles. The van der Waals surface area contributed by atoms with E-state index in [-0.39, 0.29) is 27.6 Å². The predicted molar refractivity (Wildman–Crippen MR) is 125 cm³/mol. The van der Waals surface area contributed by atoms with Gasteiger partial charge in [-0.25, -0.2) is 8.42 Å². The Morgan fingerprint density at radius 2 is 1.77 bits per heavy atom.